The first-order valence-corrected chi connectivity index (χ1v) is 10.2. The van der Waals surface area contributed by atoms with E-state index < -0.39 is 6.16 Å². The molecular weight excluding hydrogens is 380 g/mol. The Bertz CT molecular complexity index is 924. The second-order valence-electron chi connectivity index (χ2n) is 7.22. The molecule has 6 nitrogen and oxygen atoms in total. The third kappa shape index (κ3) is 6.88. The van der Waals surface area contributed by atoms with Crippen LogP contribution in [0.3, 0.4) is 0 Å². The highest BCUT2D eigenvalue weighted by Crippen LogP contribution is 2.34. The Morgan fingerprint density at radius 2 is 1.53 bits per heavy atom. The van der Waals surface area contributed by atoms with Gasteiger partial charge in [0.05, 0.1) is 12.3 Å². The molecule has 1 heterocycles. The van der Waals surface area contributed by atoms with E-state index in [1.807, 2.05) is 42.6 Å². The molecule has 0 unspecified atom stereocenters. The average Bonchev–Trinajstić information content (AvgIpc) is 3.59. The second-order valence-corrected chi connectivity index (χ2v) is 7.22. The monoisotopic (exact) mass is 406 g/mol. The molecule has 0 aliphatic heterocycles. The molecule has 4 rings (SSSR count). The van der Waals surface area contributed by atoms with Crippen LogP contribution in [0.15, 0.2) is 66.9 Å². The summed E-state index contributed by atoms with van der Waals surface area (Å²) in [5.74, 6) is 0.987. The average molecular weight is 406 g/mol. The molecule has 1 saturated carbocycles. The molecule has 0 bridgehead atoms. The lowest BCUT2D eigenvalue weighted by atomic mass is 10.0. The lowest BCUT2D eigenvalue weighted by Crippen LogP contribution is -2.03. The van der Waals surface area contributed by atoms with E-state index in [4.69, 9.17) is 24.7 Å². The molecule has 2 N–H and O–H groups in total. The molecule has 0 amide bonds. The van der Waals surface area contributed by atoms with Gasteiger partial charge in [0.1, 0.15) is 0 Å². The topological polar surface area (TPSA) is 92.5 Å². The van der Waals surface area contributed by atoms with Gasteiger partial charge >= 0.3 is 12.2 Å². The normalized spacial score (nSPS) is 12.5. The molecule has 0 saturated heterocycles. The zero-order valence-corrected chi connectivity index (χ0v) is 16.8. The van der Waals surface area contributed by atoms with Crippen molar-refractivity contribution in [2.75, 3.05) is 6.61 Å². The van der Waals surface area contributed by atoms with Gasteiger partial charge < -0.3 is 14.9 Å². The van der Waals surface area contributed by atoms with Crippen molar-refractivity contribution < 1.29 is 19.7 Å². The quantitative estimate of drug-likeness (QED) is 0.446. The smallest absolute Gasteiger partial charge is 0.463 e. The summed E-state index contributed by atoms with van der Waals surface area (Å²) in [4.78, 5) is 17.7. The van der Waals surface area contributed by atoms with Crippen LogP contribution in [0.2, 0.25) is 0 Å². The molecule has 1 fully saturated rings. The van der Waals surface area contributed by atoms with E-state index in [1.54, 1.807) is 0 Å². The van der Waals surface area contributed by atoms with Crippen molar-refractivity contribution in [3.05, 3.63) is 66.9 Å². The molecule has 3 aromatic rings. The minimum Gasteiger partial charge on any atom is -0.463 e. The van der Waals surface area contributed by atoms with E-state index in [9.17, 15) is 0 Å². The molecule has 1 aliphatic carbocycles. The largest absolute Gasteiger partial charge is 0.503 e. The van der Waals surface area contributed by atoms with E-state index in [2.05, 4.69) is 29.2 Å². The maximum absolute atomic E-state index is 8.56. The van der Waals surface area contributed by atoms with Gasteiger partial charge in [-0.1, -0.05) is 79.9 Å². The SMILES string of the molecule is O=C(O)O.c1ccc(-c2cnc(OCCCCC3CC3)nc2-c2ccccc2)cc1. The molecule has 1 aromatic heterocycles. The molecule has 1 aliphatic rings. The number of carboxylic acid groups (broad SMARTS) is 2. The van der Waals surface area contributed by atoms with Gasteiger partial charge in [-0.15, -0.1) is 0 Å². The van der Waals surface area contributed by atoms with Crippen LogP contribution >= 0.6 is 0 Å². The van der Waals surface area contributed by atoms with Gasteiger partial charge in [-0.3, -0.25) is 0 Å². The summed E-state index contributed by atoms with van der Waals surface area (Å²) >= 11 is 0. The van der Waals surface area contributed by atoms with Crippen LogP contribution in [-0.2, 0) is 0 Å². The van der Waals surface area contributed by atoms with Crippen LogP contribution in [-0.4, -0.2) is 32.9 Å². The molecule has 0 radical (unpaired) electrons. The van der Waals surface area contributed by atoms with E-state index >= 15 is 0 Å². The number of benzene rings is 2. The number of hydrogen-bond donors (Lipinski definition) is 2. The lowest BCUT2D eigenvalue weighted by Gasteiger charge is -2.11. The standard InChI is InChI=1S/C23H24N2O.CH2O3/c1-3-10-19(11-4-1)21-17-24-23(26-16-8-7-9-18-14-15-18)25-22(21)20-12-5-2-6-13-20;2-1(3)4/h1-6,10-13,17-18H,7-9,14-16H2;(H2,2,3,4). The highest BCUT2D eigenvalue weighted by molar-refractivity contribution is 5.80. The Hall–Kier alpha value is -3.41. The Labute approximate surface area is 176 Å². The Kier molecular flexibility index (Phi) is 7.78. The van der Waals surface area contributed by atoms with Crippen LogP contribution in [0.25, 0.3) is 22.4 Å². The predicted octanol–water partition coefficient (Wildman–Crippen LogP) is 5.99. The fourth-order valence-corrected chi connectivity index (χ4v) is 3.19. The Morgan fingerprint density at radius 1 is 0.933 bits per heavy atom. The van der Waals surface area contributed by atoms with Crippen molar-refractivity contribution in [2.45, 2.75) is 32.1 Å². The number of aromatic nitrogens is 2. The third-order valence-electron chi connectivity index (χ3n) is 4.83. The number of hydrogen-bond acceptors (Lipinski definition) is 4. The van der Waals surface area contributed by atoms with Gasteiger partial charge in [0.15, 0.2) is 0 Å². The first-order chi connectivity index (χ1) is 14.6. The van der Waals surface area contributed by atoms with Crippen LogP contribution in [0.1, 0.15) is 32.1 Å². The number of nitrogens with zero attached hydrogens (tertiary/aromatic N) is 2. The van der Waals surface area contributed by atoms with Crippen LogP contribution in [0.4, 0.5) is 4.79 Å². The third-order valence-corrected chi connectivity index (χ3v) is 4.83. The first kappa shape index (κ1) is 21.3. The highest BCUT2D eigenvalue weighted by atomic mass is 16.6. The molecular formula is C24H26N2O4. The lowest BCUT2D eigenvalue weighted by molar-refractivity contribution is 0.137. The fraction of sp³-hybridized carbons (Fsp3) is 0.292. The van der Waals surface area contributed by atoms with Gasteiger partial charge in [-0.2, -0.15) is 4.98 Å². The van der Waals surface area contributed by atoms with E-state index in [1.165, 1.54) is 25.7 Å². The van der Waals surface area contributed by atoms with Crippen molar-refractivity contribution in [1.82, 2.24) is 9.97 Å². The maximum atomic E-state index is 8.56. The number of carbonyl (C=O) groups is 1. The zero-order valence-electron chi connectivity index (χ0n) is 16.8. The van der Waals surface area contributed by atoms with Crippen LogP contribution in [0.5, 0.6) is 6.01 Å². The van der Waals surface area contributed by atoms with Crippen molar-refractivity contribution in [1.29, 1.82) is 0 Å². The maximum Gasteiger partial charge on any atom is 0.503 e. The molecule has 156 valence electrons. The Balaban J connectivity index is 0.000000589. The number of ether oxygens (including phenoxy) is 1. The number of rotatable bonds is 8. The van der Waals surface area contributed by atoms with Crippen LogP contribution in [0, 0.1) is 5.92 Å². The van der Waals surface area contributed by atoms with Crippen molar-refractivity contribution in [3.63, 3.8) is 0 Å². The van der Waals surface area contributed by atoms with Gasteiger partial charge in [0, 0.05) is 17.3 Å². The summed E-state index contributed by atoms with van der Waals surface area (Å²) < 4.78 is 5.84. The van der Waals surface area contributed by atoms with Crippen molar-refractivity contribution >= 4 is 6.16 Å². The molecule has 2 aromatic carbocycles. The molecule has 6 heteroatoms. The van der Waals surface area contributed by atoms with E-state index in [-0.39, 0.29) is 0 Å². The molecule has 30 heavy (non-hydrogen) atoms. The van der Waals surface area contributed by atoms with Gasteiger partial charge in [0.2, 0.25) is 0 Å². The van der Waals surface area contributed by atoms with Gasteiger partial charge in [0.25, 0.3) is 0 Å². The van der Waals surface area contributed by atoms with Crippen LogP contribution < -0.4 is 4.74 Å². The van der Waals surface area contributed by atoms with Gasteiger partial charge in [-0.25, -0.2) is 9.78 Å². The van der Waals surface area contributed by atoms with E-state index in [0.29, 0.717) is 12.6 Å². The summed E-state index contributed by atoms with van der Waals surface area (Å²) in [7, 11) is 0. The summed E-state index contributed by atoms with van der Waals surface area (Å²) in [6.45, 7) is 0.686. The minimum atomic E-state index is -1.83. The predicted molar refractivity (Wildman–Crippen MR) is 116 cm³/mol. The highest BCUT2D eigenvalue weighted by Gasteiger charge is 2.20. The van der Waals surface area contributed by atoms with E-state index in [0.717, 1.165) is 34.7 Å². The zero-order chi connectivity index (χ0) is 21.2. The van der Waals surface area contributed by atoms with Gasteiger partial charge in [-0.05, 0) is 24.3 Å². The van der Waals surface area contributed by atoms with Crippen molar-refractivity contribution in [2.24, 2.45) is 5.92 Å². The summed E-state index contributed by atoms with van der Waals surface area (Å²) in [5.41, 5.74) is 4.13. The number of unbranched alkanes of at least 4 members (excludes halogenated alkanes) is 1. The first-order valence-electron chi connectivity index (χ1n) is 10.2. The molecule has 0 spiro atoms. The second kappa shape index (κ2) is 11.0. The summed E-state index contributed by atoms with van der Waals surface area (Å²) in [5, 5.41) is 13.9. The fourth-order valence-electron chi connectivity index (χ4n) is 3.19. The minimum absolute atomic E-state index is 0.468. The molecule has 0 atom stereocenters. The Morgan fingerprint density at radius 3 is 2.13 bits per heavy atom. The summed E-state index contributed by atoms with van der Waals surface area (Å²) in [6, 6.07) is 21.0. The van der Waals surface area contributed by atoms with Crippen molar-refractivity contribution in [3.8, 4) is 28.4 Å². The summed E-state index contributed by atoms with van der Waals surface area (Å²) in [6.07, 6.45) is 6.53.